The Hall–Kier alpha value is -4.20. The average molecular weight is 391 g/mol. The minimum atomic E-state index is -0.481. The number of carbonyl (C=O) groups is 1. The maximum Gasteiger partial charge on any atom is 0.343 e. The van der Waals surface area contributed by atoms with Crippen molar-refractivity contribution in [2.45, 2.75) is 0 Å². The summed E-state index contributed by atoms with van der Waals surface area (Å²) in [5.74, 6) is 0.195. The van der Waals surface area contributed by atoms with Gasteiger partial charge in [0.2, 0.25) is 0 Å². The van der Waals surface area contributed by atoms with Crippen LogP contribution in [0, 0.1) is 10.1 Å². The SMILES string of the molecule is COc1cc(C=NNc2ccc([N+](=O)[O-])cc2)ccc1OC(=O)c1ccccc1. The van der Waals surface area contributed by atoms with Crippen LogP contribution in [0.1, 0.15) is 15.9 Å². The molecule has 1 N–H and O–H groups in total. The van der Waals surface area contributed by atoms with Gasteiger partial charge in [-0.1, -0.05) is 18.2 Å². The third kappa shape index (κ3) is 5.16. The van der Waals surface area contributed by atoms with Crippen LogP contribution >= 0.6 is 0 Å². The molecule has 8 nitrogen and oxygen atoms in total. The van der Waals surface area contributed by atoms with E-state index in [0.29, 0.717) is 28.3 Å². The zero-order valence-corrected chi connectivity index (χ0v) is 15.4. The van der Waals surface area contributed by atoms with Gasteiger partial charge < -0.3 is 9.47 Å². The highest BCUT2D eigenvalue weighted by atomic mass is 16.6. The molecule has 3 rings (SSSR count). The molecule has 0 fully saturated rings. The molecule has 0 aromatic heterocycles. The summed E-state index contributed by atoms with van der Waals surface area (Å²) in [4.78, 5) is 22.4. The molecule has 0 aliphatic heterocycles. The van der Waals surface area contributed by atoms with Crippen LogP contribution in [0.3, 0.4) is 0 Å². The molecule has 29 heavy (non-hydrogen) atoms. The van der Waals surface area contributed by atoms with E-state index in [1.807, 2.05) is 6.07 Å². The Labute approximate surface area is 166 Å². The van der Waals surface area contributed by atoms with Crippen LogP contribution in [0.15, 0.2) is 77.9 Å². The van der Waals surface area contributed by atoms with Crippen LogP contribution in [0.5, 0.6) is 11.5 Å². The normalized spacial score (nSPS) is 10.5. The number of nitrogens with zero attached hydrogens (tertiary/aromatic N) is 2. The zero-order chi connectivity index (χ0) is 20.6. The van der Waals surface area contributed by atoms with Crippen LogP contribution < -0.4 is 14.9 Å². The second-order valence-electron chi connectivity index (χ2n) is 5.84. The van der Waals surface area contributed by atoms with Gasteiger partial charge in [-0.25, -0.2) is 4.79 Å². The number of hydrogen-bond acceptors (Lipinski definition) is 7. The Morgan fingerprint density at radius 1 is 1.03 bits per heavy atom. The Kier molecular flexibility index (Phi) is 6.16. The first-order valence-corrected chi connectivity index (χ1v) is 8.55. The number of benzene rings is 3. The van der Waals surface area contributed by atoms with E-state index in [4.69, 9.17) is 9.47 Å². The number of carbonyl (C=O) groups excluding carboxylic acids is 1. The second-order valence-corrected chi connectivity index (χ2v) is 5.84. The number of nitro benzene ring substituents is 1. The van der Waals surface area contributed by atoms with Gasteiger partial charge in [0.25, 0.3) is 5.69 Å². The number of hydrazone groups is 1. The van der Waals surface area contributed by atoms with Gasteiger partial charge in [-0.2, -0.15) is 5.10 Å². The number of rotatable bonds is 7. The standard InChI is InChI=1S/C21H17N3O5/c1-28-20-13-15(14-22-23-17-8-10-18(11-9-17)24(26)27)7-12-19(20)29-21(25)16-5-3-2-4-6-16/h2-14,23H,1H3. The minimum Gasteiger partial charge on any atom is -0.493 e. The van der Waals surface area contributed by atoms with Crippen molar-refractivity contribution in [3.8, 4) is 11.5 Å². The fourth-order valence-electron chi connectivity index (χ4n) is 2.42. The van der Waals surface area contributed by atoms with Gasteiger partial charge in [0.05, 0.1) is 29.5 Å². The highest BCUT2D eigenvalue weighted by molar-refractivity contribution is 5.91. The van der Waals surface area contributed by atoms with E-state index in [2.05, 4.69) is 10.5 Å². The third-order valence-corrected chi connectivity index (χ3v) is 3.89. The molecular formula is C21H17N3O5. The summed E-state index contributed by atoms with van der Waals surface area (Å²) in [6, 6.07) is 19.6. The topological polar surface area (TPSA) is 103 Å². The number of ether oxygens (including phenoxy) is 2. The summed E-state index contributed by atoms with van der Waals surface area (Å²) in [7, 11) is 1.48. The highest BCUT2D eigenvalue weighted by Gasteiger charge is 2.12. The number of nitrogens with one attached hydrogen (secondary N) is 1. The maximum atomic E-state index is 12.2. The van der Waals surface area contributed by atoms with Crippen LogP contribution in [-0.4, -0.2) is 24.2 Å². The van der Waals surface area contributed by atoms with Crippen molar-refractivity contribution in [3.63, 3.8) is 0 Å². The van der Waals surface area contributed by atoms with E-state index in [1.54, 1.807) is 60.8 Å². The number of nitro groups is 1. The maximum absolute atomic E-state index is 12.2. The Bertz CT molecular complexity index is 1030. The molecule has 0 bridgehead atoms. The van der Waals surface area contributed by atoms with Crippen molar-refractivity contribution >= 4 is 23.6 Å². The Morgan fingerprint density at radius 2 is 1.76 bits per heavy atom. The second kappa shape index (κ2) is 9.14. The molecule has 0 radical (unpaired) electrons. The quantitative estimate of drug-likeness (QED) is 0.212. The van der Waals surface area contributed by atoms with E-state index < -0.39 is 10.9 Å². The van der Waals surface area contributed by atoms with Gasteiger partial charge in [0, 0.05) is 12.1 Å². The van der Waals surface area contributed by atoms with Crippen molar-refractivity contribution in [1.29, 1.82) is 0 Å². The molecule has 0 aliphatic carbocycles. The summed E-state index contributed by atoms with van der Waals surface area (Å²) >= 11 is 0. The van der Waals surface area contributed by atoms with Gasteiger partial charge in [-0.15, -0.1) is 0 Å². The van der Waals surface area contributed by atoms with Gasteiger partial charge in [0.1, 0.15) is 0 Å². The smallest absolute Gasteiger partial charge is 0.343 e. The number of anilines is 1. The van der Waals surface area contributed by atoms with Crippen molar-refractivity contribution in [2.75, 3.05) is 12.5 Å². The van der Waals surface area contributed by atoms with E-state index >= 15 is 0 Å². The molecule has 8 heteroatoms. The van der Waals surface area contributed by atoms with Crippen LogP contribution in [-0.2, 0) is 0 Å². The largest absolute Gasteiger partial charge is 0.493 e. The first-order chi connectivity index (χ1) is 14.1. The third-order valence-electron chi connectivity index (χ3n) is 3.89. The van der Waals surface area contributed by atoms with Crippen LogP contribution in [0.25, 0.3) is 0 Å². The van der Waals surface area contributed by atoms with Crippen LogP contribution in [0.2, 0.25) is 0 Å². The molecule has 0 heterocycles. The predicted octanol–water partition coefficient (Wildman–Crippen LogP) is 4.27. The molecule has 0 unspecified atom stereocenters. The molecule has 0 atom stereocenters. The lowest BCUT2D eigenvalue weighted by Gasteiger charge is -2.10. The van der Waals surface area contributed by atoms with E-state index in [1.165, 1.54) is 19.2 Å². The van der Waals surface area contributed by atoms with Crippen molar-refractivity contribution < 1.29 is 19.2 Å². The molecule has 146 valence electrons. The number of hydrogen-bond donors (Lipinski definition) is 1. The van der Waals surface area contributed by atoms with Crippen molar-refractivity contribution in [2.24, 2.45) is 5.10 Å². The Balaban J connectivity index is 1.67. The summed E-state index contributed by atoms with van der Waals surface area (Å²) < 4.78 is 10.7. The van der Waals surface area contributed by atoms with Gasteiger partial charge in [0.15, 0.2) is 11.5 Å². The summed E-state index contributed by atoms with van der Waals surface area (Å²) in [6.07, 6.45) is 1.55. The van der Waals surface area contributed by atoms with E-state index in [-0.39, 0.29) is 5.69 Å². The number of non-ortho nitro benzene ring substituents is 1. The predicted molar refractivity (Wildman–Crippen MR) is 109 cm³/mol. The minimum absolute atomic E-state index is 0.00454. The van der Waals surface area contributed by atoms with E-state index in [0.717, 1.165) is 0 Å². The summed E-state index contributed by atoms with van der Waals surface area (Å²) in [6.45, 7) is 0. The lowest BCUT2D eigenvalue weighted by molar-refractivity contribution is -0.384. The van der Waals surface area contributed by atoms with E-state index in [9.17, 15) is 14.9 Å². The molecule has 0 saturated heterocycles. The van der Waals surface area contributed by atoms with Gasteiger partial charge in [-0.3, -0.25) is 15.5 Å². The molecular weight excluding hydrogens is 374 g/mol. The fraction of sp³-hybridized carbons (Fsp3) is 0.0476. The molecule has 3 aromatic carbocycles. The summed E-state index contributed by atoms with van der Waals surface area (Å²) in [5.41, 5.74) is 4.54. The molecule has 0 amide bonds. The first kappa shape index (κ1) is 19.6. The Morgan fingerprint density at radius 3 is 2.41 bits per heavy atom. The average Bonchev–Trinajstić information content (AvgIpc) is 2.75. The van der Waals surface area contributed by atoms with Crippen molar-refractivity contribution in [1.82, 2.24) is 0 Å². The van der Waals surface area contributed by atoms with Crippen molar-refractivity contribution in [3.05, 3.63) is 94.0 Å². The zero-order valence-electron chi connectivity index (χ0n) is 15.4. The fourth-order valence-corrected chi connectivity index (χ4v) is 2.42. The number of methoxy groups -OCH3 is 1. The van der Waals surface area contributed by atoms with Gasteiger partial charge >= 0.3 is 5.97 Å². The van der Waals surface area contributed by atoms with Crippen LogP contribution in [0.4, 0.5) is 11.4 Å². The number of esters is 1. The highest BCUT2D eigenvalue weighted by Crippen LogP contribution is 2.28. The molecule has 0 saturated carbocycles. The molecule has 3 aromatic rings. The first-order valence-electron chi connectivity index (χ1n) is 8.55. The lowest BCUT2D eigenvalue weighted by atomic mass is 10.2. The molecule has 0 aliphatic rings. The monoisotopic (exact) mass is 391 g/mol. The lowest BCUT2D eigenvalue weighted by Crippen LogP contribution is -2.09. The molecule has 0 spiro atoms. The summed E-state index contributed by atoms with van der Waals surface area (Å²) in [5, 5.41) is 14.8. The van der Waals surface area contributed by atoms with Gasteiger partial charge in [-0.05, 0) is 48.0 Å².